The van der Waals surface area contributed by atoms with Crippen molar-refractivity contribution in [2.75, 3.05) is 4.90 Å². The highest BCUT2D eigenvalue weighted by atomic mass is 19.1. The molecule has 0 bridgehead atoms. The molecule has 190 valence electrons. The Morgan fingerprint density at radius 3 is 2.42 bits per heavy atom. The van der Waals surface area contributed by atoms with Gasteiger partial charge in [-0.15, -0.1) is 0 Å². The van der Waals surface area contributed by atoms with Gasteiger partial charge in [-0.1, -0.05) is 24.6 Å². The highest BCUT2D eigenvalue weighted by Gasteiger charge is 2.51. The zero-order valence-electron chi connectivity index (χ0n) is 19.7. The topological polar surface area (TPSA) is 87.2 Å². The van der Waals surface area contributed by atoms with Crippen molar-refractivity contribution in [1.29, 1.82) is 0 Å². The summed E-state index contributed by atoms with van der Waals surface area (Å²) in [5, 5.41) is 9.11. The van der Waals surface area contributed by atoms with Crippen LogP contribution in [0.4, 0.5) is 19.3 Å². The molecule has 7 nitrogen and oxygen atoms in total. The van der Waals surface area contributed by atoms with E-state index in [1.165, 1.54) is 0 Å². The van der Waals surface area contributed by atoms with E-state index in [1.807, 2.05) is 29.2 Å². The van der Waals surface area contributed by atoms with Crippen molar-refractivity contribution < 1.29 is 33.0 Å². The average molecular weight is 499 g/mol. The van der Waals surface area contributed by atoms with E-state index in [2.05, 4.69) is 0 Å². The van der Waals surface area contributed by atoms with Crippen molar-refractivity contribution in [3.8, 4) is 0 Å². The molecule has 9 heteroatoms. The van der Waals surface area contributed by atoms with Gasteiger partial charge in [-0.25, -0.2) is 13.6 Å². The summed E-state index contributed by atoms with van der Waals surface area (Å²) in [6.07, 6.45) is 3.31. The number of ether oxygens (including phenoxy) is 1. The second kappa shape index (κ2) is 9.87. The van der Waals surface area contributed by atoms with E-state index >= 15 is 0 Å². The summed E-state index contributed by atoms with van der Waals surface area (Å²) in [6.45, 7) is -0.269. The second-order valence-corrected chi connectivity index (χ2v) is 9.79. The van der Waals surface area contributed by atoms with Crippen LogP contribution in [0, 0.1) is 17.6 Å². The molecule has 3 unspecified atom stereocenters. The van der Waals surface area contributed by atoms with Gasteiger partial charge in [-0.2, -0.15) is 0 Å². The van der Waals surface area contributed by atoms with Gasteiger partial charge in [0.1, 0.15) is 18.2 Å². The summed E-state index contributed by atoms with van der Waals surface area (Å²) in [5.41, 5.74) is 1.71. The smallest absolute Gasteiger partial charge is 0.414 e. The maximum Gasteiger partial charge on any atom is 0.414 e. The quantitative estimate of drug-likeness (QED) is 0.568. The van der Waals surface area contributed by atoms with Crippen molar-refractivity contribution >= 4 is 23.7 Å². The first-order valence-electron chi connectivity index (χ1n) is 12.4. The van der Waals surface area contributed by atoms with Crippen LogP contribution in [0.25, 0.3) is 0 Å². The van der Waals surface area contributed by atoms with Gasteiger partial charge in [0.25, 0.3) is 0 Å². The molecule has 0 aromatic heterocycles. The SMILES string of the molecule is O=C(O)CCC(=O)N(C1CC1)C1c2ccccc2N(C(=O)OCc2cc(F)cc(F)c2)C2CCCC21. The monoisotopic (exact) mass is 498 g/mol. The highest BCUT2D eigenvalue weighted by molar-refractivity contribution is 5.91. The Labute approximate surface area is 207 Å². The Morgan fingerprint density at radius 2 is 1.72 bits per heavy atom. The van der Waals surface area contributed by atoms with Crippen molar-refractivity contribution in [3.63, 3.8) is 0 Å². The van der Waals surface area contributed by atoms with Gasteiger partial charge >= 0.3 is 12.1 Å². The molecule has 2 fully saturated rings. The molecule has 36 heavy (non-hydrogen) atoms. The number of anilines is 1. The number of carboxylic acids is 1. The fourth-order valence-electron chi connectivity index (χ4n) is 5.80. The Balaban J connectivity index is 1.44. The summed E-state index contributed by atoms with van der Waals surface area (Å²) < 4.78 is 32.7. The molecule has 1 N–H and O–H groups in total. The largest absolute Gasteiger partial charge is 0.481 e. The van der Waals surface area contributed by atoms with Gasteiger partial charge in [0.05, 0.1) is 18.2 Å². The van der Waals surface area contributed by atoms with Gasteiger partial charge in [0.15, 0.2) is 0 Å². The lowest BCUT2D eigenvalue weighted by atomic mass is 9.81. The van der Waals surface area contributed by atoms with Crippen molar-refractivity contribution in [1.82, 2.24) is 4.90 Å². The molecular weight excluding hydrogens is 470 g/mol. The lowest BCUT2D eigenvalue weighted by Gasteiger charge is -2.47. The molecule has 0 saturated heterocycles. The number of hydrogen-bond acceptors (Lipinski definition) is 4. The Kier molecular flexibility index (Phi) is 6.64. The number of para-hydroxylation sites is 1. The summed E-state index contributed by atoms with van der Waals surface area (Å²) in [5.74, 6) is -2.68. The molecule has 2 aromatic carbocycles. The number of carbonyl (C=O) groups is 3. The van der Waals surface area contributed by atoms with Crippen LogP contribution < -0.4 is 4.90 Å². The third-order valence-electron chi connectivity index (χ3n) is 7.35. The molecule has 0 radical (unpaired) electrons. The minimum atomic E-state index is -1.01. The first kappa shape index (κ1) is 24.2. The van der Waals surface area contributed by atoms with Crippen LogP contribution in [0.15, 0.2) is 42.5 Å². The first-order chi connectivity index (χ1) is 17.3. The maximum atomic E-state index is 13.6. The van der Waals surface area contributed by atoms with Crippen molar-refractivity contribution in [3.05, 3.63) is 65.2 Å². The van der Waals surface area contributed by atoms with Crippen LogP contribution in [0.1, 0.15) is 62.1 Å². The van der Waals surface area contributed by atoms with E-state index in [-0.39, 0.29) is 55.0 Å². The molecule has 1 aliphatic heterocycles. The molecule has 2 amide bonds. The van der Waals surface area contributed by atoms with Crippen molar-refractivity contribution in [2.24, 2.45) is 5.92 Å². The number of hydrogen-bond donors (Lipinski definition) is 1. The van der Waals surface area contributed by atoms with Gasteiger partial charge in [0.2, 0.25) is 5.91 Å². The van der Waals surface area contributed by atoms with Gasteiger partial charge in [0, 0.05) is 30.5 Å². The lowest BCUT2D eigenvalue weighted by molar-refractivity contribution is -0.142. The minimum Gasteiger partial charge on any atom is -0.481 e. The van der Waals surface area contributed by atoms with Gasteiger partial charge in [-0.3, -0.25) is 14.5 Å². The zero-order chi connectivity index (χ0) is 25.4. The molecule has 2 aromatic rings. The normalized spacial score (nSPS) is 22.5. The number of fused-ring (bicyclic) bond motifs is 2. The molecule has 3 atom stereocenters. The first-order valence-corrected chi connectivity index (χ1v) is 12.4. The van der Waals surface area contributed by atoms with Crippen molar-refractivity contribution in [2.45, 2.75) is 69.7 Å². The number of amides is 2. The number of halogens is 2. The van der Waals surface area contributed by atoms with E-state index in [0.29, 0.717) is 5.69 Å². The number of benzene rings is 2. The van der Waals surface area contributed by atoms with Crippen LogP contribution in [0.3, 0.4) is 0 Å². The van der Waals surface area contributed by atoms with Crippen LogP contribution in [-0.4, -0.2) is 40.1 Å². The van der Waals surface area contributed by atoms with Crippen LogP contribution >= 0.6 is 0 Å². The highest BCUT2D eigenvalue weighted by Crippen LogP contribution is 2.52. The third kappa shape index (κ3) is 4.79. The van der Waals surface area contributed by atoms with E-state index in [9.17, 15) is 23.2 Å². The fourth-order valence-corrected chi connectivity index (χ4v) is 5.80. The molecule has 2 saturated carbocycles. The standard InChI is InChI=1S/C27H28F2N2O5/c28-17-12-16(13-18(29)14-17)15-36-27(35)31-22-6-2-1-4-20(22)26(21-5-3-7-23(21)31)30(19-8-9-19)24(32)10-11-25(33)34/h1-2,4,6,12-14,19,21,23,26H,3,5,7-11,15H2,(H,33,34). The molecule has 3 aliphatic rings. The summed E-state index contributed by atoms with van der Waals surface area (Å²) in [7, 11) is 0. The predicted octanol–water partition coefficient (Wildman–Crippen LogP) is 5.19. The van der Waals surface area contributed by atoms with Crippen LogP contribution in [-0.2, 0) is 20.9 Å². The summed E-state index contributed by atoms with van der Waals surface area (Å²) >= 11 is 0. The molecular formula is C27H28F2N2O5. The number of carboxylic acid groups (broad SMARTS) is 1. The molecule has 1 heterocycles. The Morgan fingerprint density at radius 1 is 1.00 bits per heavy atom. The van der Waals surface area contributed by atoms with E-state index in [0.717, 1.165) is 55.9 Å². The molecule has 0 spiro atoms. The number of aliphatic carboxylic acids is 1. The van der Waals surface area contributed by atoms with Gasteiger partial charge in [-0.05, 0) is 55.0 Å². The summed E-state index contributed by atoms with van der Waals surface area (Å²) in [6, 6.07) is 10.1. The fraction of sp³-hybridized carbons (Fsp3) is 0.444. The maximum absolute atomic E-state index is 13.6. The lowest BCUT2D eigenvalue weighted by Crippen LogP contribution is -2.53. The molecule has 2 aliphatic carbocycles. The summed E-state index contributed by atoms with van der Waals surface area (Å²) in [4.78, 5) is 41.2. The Bertz CT molecular complexity index is 1160. The van der Waals surface area contributed by atoms with E-state index in [4.69, 9.17) is 9.84 Å². The predicted molar refractivity (Wildman–Crippen MR) is 126 cm³/mol. The average Bonchev–Trinajstić information content (AvgIpc) is 3.56. The molecule has 5 rings (SSSR count). The van der Waals surface area contributed by atoms with E-state index < -0.39 is 23.7 Å². The van der Waals surface area contributed by atoms with Crippen LogP contribution in [0.2, 0.25) is 0 Å². The van der Waals surface area contributed by atoms with Gasteiger partial charge < -0.3 is 14.7 Å². The zero-order valence-corrected chi connectivity index (χ0v) is 19.7. The number of nitrogens with zero attached hydrogens (tertiary/aromatic N) is 2. The number of rotatable bonds is 7. The second-order valence-electron chi connectivity index (χ2n) is 9.79. The van der Waals surface area contributed by atoms with E-state index in [1.54, 1.807) is 4.90 Å². The number of carbonyl (C=O) groups excluding carboxylic acids is 2. The third-order valence-corrected chi connectivity index (χ3v) is 7.35. The minimum absolute atomic E-state index is 0.0200. The Hall–Kier alpha value is -3.49. The van der Waals surface area contributed by atoms with Crippen LogP contribution in [0.5, 0.6) is 0 Å².